The van der Waals surface area contributed by atoms with Crippen LogP contribution in [0.25, 0.3) is 11.3 Å². The predicted molar refractivity (Wildman–Crippen MR) is 212 cm³/mol. The van der Waals surface area contributed by atoms with Crippen LogP contribution in [0, 0.1) is 23.5 Å². The number of nitrogens with one attached hydrogen (secondary N) is 3. The van der Waals surface area contributed by atoms with E-state index in [9.17, 15) is 36.5 Å². The van der Waals surface area contributed by atoms with Crippen LogP contribution in [0.1, 0.15) is 50.0 Å². The number of urea groups is 1. The van der Waals surface area contributed by atoms with Gasteiger partial charge in [0.25, 0.3) is 10.1 Å². The maximum atomic E-state index is 15.4. The van der Waals surface area contributed by atoms with Crippen molar-refractivity contribution >= 4 is 46.5 Å². The standard InChI is InChI=1S/C39H48F3N7O8S2/c1-23(16-44-34(50)14-28(59(54,55)56)21-48-35(51)15-33(58)38(48)52)45-39(53)49(20-26-17-43-18-31(26)42)36(25-9-11-57-12-10-25)37-46-32(29-13-27(40)7-8-30(29)41)22-47(37)19-24-5-3-2-4-6-24/h2-8,13,22-23,25-26,28,31,33,36,43,58H,9-12,14-21H2,1H3,(H,44,50)(H,45,53)(H,54,55,56)/t23-,26-,28+,31-,33?,36+/m0/s1. The van der Waals surface area contributed by atoms with Gasteiger partial charge in [-0.2, -0.15) is 21.0 Å². The molecule has 59 heavy (non-hydrogen) atoms. The number of benzene rings is 2. The Morgan fingerprint density at radius 1 is 1.12 bits per heavy atom. The molecule has 0 radical (unpaired) electrons. The summed E-state index contributed by atoms with van der Waals surface area (Å²) in [7, 11) is -4.89. The van der Waals surface area contributed by atoms with E-state index in [0.717, 1.165) is 23.8 Å². The number of nitrogens with zero attached hydrogens (tertiary/aromatic N) is 4. The number of halogens is 3. The number of thiol groups is 1. The topological polar surface area (TPSA) is 192 Å². The lowest BCUT2D eigenvalue weighted by Crippen LogP contribution is -2.53. The molecule has 3 aliphatic heterocycles. The van der Waals surface area contributed by atoms with Gasteiger partial charge in [0.1, 0.15) is 28.9 Å². The van der Waals surface area contributed by atoms with E-state index in [1.807, 2.05) is 30.3 Å². The van der Waals surface area contributed by atoms with Crippen molar-refractivity contribution in [3.8, 4) is 11.3 Å². The molecule has 5 amide bonds. The molecule has 3 aromatic rings. The highest BCUT2D eigenvalue weighted by Crippen LogP contribution is 2.38. The summed E-state index contributed by atoms with van der Waals surface area (Å²) < 4.78 is 86.8. The number of amides is 5. The van der Waals surface area contributed by atoms with Crippen molar-refractivity contribution in [1.82, 2.24) is 35.3 Å². The number of likely N-dealkylation sites (tertiary alicyclic amines) is 1. The number of carbonyl (C=O) groups is 4. The third-order valence-electron chi connectivity index (χ3n) is 10.9. The van der Waals surface area contributed by atoms with Crippen LogP contribution in [-0.4, -0.2) is 125 Å². The molecule has 6 atom stereocenters. The van der Waals surface area contributed by atoms with E-state index in [1.54, 1.807) is 17.7 Å². The first-order valence-corrected chi connectivity index (χ1v) is 21.4. The van der Waals surface area contributed by atoms with E-state index in [0.29, 0.717) is 36.8 Å². The molecule has 4 heterocycles. The van der Waals surface area contributed by atoms with Crippen LogP contribution in [0.5, 0.6) is 0 Å². The highest BCUT2D eigenvalue weighted by molar-refractivity contribution is 7.86. The fourth-order valence-electron chi connectivity index (χ4n) is 7.70. The molecule has 1 aromatic heterocycles. The molecule has 4 N–H and O–H groups in total. The number of ether oxygens (including phenoxy) is 1. The minimum absolute atomic E-state index is 0.0555. The van der Waals surface area contributed by atoms with Crippen molar-refractivity contribution in [1.29, 1.82) is 0 Å². The number of alkyl halides is 1. The van der Waals surface area contributed by atoms with E-state index in [-0.39, 0.29) is 56.3 Å². The Morgan fingerprint density at radius 2 is 1.85 bits per heavy atom. The first-order chi connectivity index (χ1) is 28.1. The quantitative estimate of drug-likeness (QED) is 0.0813. The summed E-state index contributed by atoms with van der Waals surface area (Å²) in [4.78, 5) is 59.2. The predicted octanol–water partition coefficient (Wildman–Crippen LogP) is 3.12. The zero-order valence-electron chi connectivity index (χ0n) is 32.3. The molecule has 0 aliphatic carbocycles. The minimum Gasteiger partial charge on any atom is -0.381 e. The lowest BCUT2D eigenvalue weighted by molar-refractivity contribution is -0.138. The Morgan fingerprint density at radius 3 is 2.49 bits per heavy atom. The summed E-state index contributed by atoms with van der Waals surface area (Å²) in [5.41, 5.74) is 0.932. The molecule has 0 bridgehead atoms. The molecule has 0 saturated carbocycles. The van der Waals surface area contributed by atoms with E-state index in [1.165, 1.54) is 4.90 Å². The molecule has 3 aliphatic rings. The molecule has 320 valence electrons. The van der Waals surface area contributed by atoms with Crippen LogP contribution in [0.2, 0.25) is 0 Å². The summed E-state index contributed by atoms with van der Waals surface area (Å²) >= 11 is 4.02. The summed E-state index contributed by atoms with van der Waals surface area (Å²) in [5, 5.41) is 5.67. The van der Waals surface area contributed by atoms with Gasteiger partial charge in [0, 0.05) is 89.0 Å². The highest BCUT2D eigenvalue weighted by Gasteiger charge is 2.42. The second kappa shape index (κ2) is 19.3. The second-order valence-corrected chi connectivity index (χ2v) is 17.6. The Kier molecular flexibility index (Phi) is 14.4. The first-order valence-electron chi connectivity index (χ1n) is 19.4. The van der Waals surface area contributed by atoms with Gasteiger partial charge in [0.05, 0.1) is 17.0 Å². The fourth-order valence-corrected chi connectivity index (χ4v) is 8.70. The smallest absolute Gasteiger partial charge is 0.318 e. The maximum Gasteiger partial charge on any atom is 0.318 e. The minimum atomic E-state index is -4.89. The van der Waals surface area contributed by atoms with E-state index in [4.69, 9.17) is 9.72 Å². The zero-order chi connectivity index (χ0) is 42.4. The fraction of sp³-hybridized carbons (Fsp3) is 0.513. The largest absolute Gasteiger partial charge is 0.381 e. The number of aromatic nitrogens is 2. The number of imide groups is 1. The van der Waals surface area contributed by atoms with Gasteiger partial charge in [-0.1, -0.05) is 30.3 Å². The maximum absolute atomic E-state index is 15.4. The van der Waals surface area contributed by atoms with E-state index < -0.39 is 93.1 Å². The highest BCUT2D eigenvalue weighted by atomic mass is 32.2. The van der Waals surface area contributed by atoms with Crippen molar-refractivity contribution in [3.05, 3.63) is 77.8 Å². The molecular weight excluding hydrogens is 816 g/mol. The zero-order valence-corrected chi connectivity index (χ0v) is 34.0. The monoisotopic (exact) mass is 863 g/mol. The summed E-state index contributed by atoms with van der Waals surface area (Å²) in [6.07, 6.45) is 0.294. The van der Waals surface area contributed by atoms with Crippen molar-refractivity contribution in [2.75, 3.05) is 45.9 Å². The van der Waals surface area contributed by atoms with E-state index in [2.05, 4.69) is 28.6 Å². The van der Waals surface area contributed by atoms with Crippen LogP contribution in [0.3, 0.4) is 0 Å². The molecule has 3 saturated heterocycles. The molecule has 0 spiro atoms. The molecule has 20 heteroatoms. The number of hydrogen-bond acceptors (Lipinski definition) is 10. The number of hydrogen-bond donors (Lipinski definition) is 5. The number of carbonyl (C=O) groups excluding carboxylic acids is 4. The average molecular weight is 864 g/mol. The van der Waals surface area contributed by atoms with Gasteiger partial charge >= 0.3 is 6.03 Å². The van der Waals surface area contributed by atoms with Crippen LogP contribution < -0.4 is 16.0 Å². The second-order valence-electron chi connectivity index (χ2n) is 15.3. The van der Waals surface area contributed by atoms with Crippen molar-refractivity contribution in [2.45, 2.75) is 67.9 Å². The Hall–Kier alpha value is -4.50. The molecule has 6 rings (SSSR count). The van der Waals surface area contributed by atoms with Crippen LogP contribution in [0.15, 0.2) is 54.7 Å². The SMILES string of the molecule is C[C@@H](CNC(=O)C[C@H](CN1C(=O)CC(S)C1=O)S(=O)(=O)O)NC(=O)N(C[C@@H]1CNC[C@@H]1F)[C@@H](c1nc(-c2cc(F)ccc2F)cn1Cc1ccccc1)C1CCOCC1. The first kappa shape index (κ1) is 44.1. The molecule has 2 aromatic carbocycles. The number of imidazole rings is 1. The Bertz CT molecular complexity index is 2110. The van der Waals surface area contributed by atoms with Crippen LogP contribution in [-0.2, 0) is 35.8 Å². The normalized spacial score (nSPS) is 21.7. The third-order valence-corrected chi connectivity index (χ3v) is 12.4. The lowest BCUT2D eigenvalue weighted by atomic mass is 9.89. The summed E-state index contributed by atoms with van der Waals surface area (Å²) in [6, 6.07) is 10.2. The lowest BCUT2D eigenvalue weighted by Gasteiger charge is -2.40. The molecule has 15 nitrogen and oxygen atoms in total. The molecule has 3 fully saturated rings. The van der Waals surface area contributed by atoms with Crippen molar-refractivity contribution in [2.24, 2.45) is 11.8 Å². The Balaban J connectivity index is 1.27. The van der Waals surface area contributed by atoms with Gasteiger partial charge in [-0.25, -0.2) is 22.9 Å². The van der Waals surface area contributed by atoms with Gasteiger partial charge in [-0.3, -0.25) is 23.8 Å². The van der Waals surface area contributed by atoms with Gasteiger partial charge in [-0.05, 0) is 49.4 Å². The Labute approximate surface area is 345 Å². The van der Waals surface area contributed by atoms with Crippen LogP contribution >= 0.6 is 12.6 Å². The van der Waals surface area contributed by atoms with Crippen molar-refractivity contribution in [3.63, 3.8) is 0 Å². The van der Waals surface area contributed by atoms with Crippen LogP contribution in [0.4, 0.5) is 18.0 Å². The van der Waals surface area contributed by atoms with Gasteiger partial charge in [-0.15, -0.1) is 0 Å². The van der Waals surface area contributed by atoms with Gasteiger partial charge in [0.2, 0.25) is 17.7 Å². The average Bonchev–Trinajstić information content (AvgIpc) is 3.87. The summed E-state index contributed by atoms with van der Waals surface area (Å²) in [5.74, 6) is -4.12. The van der Waals surface area contributed by atoms with Gasteiger partial charge < -0.3 is 30.2 Å². The third kappa shape index (κ3) is 11.0. The molecule has 1 unspecified atom stereocenters. The van der Waals surface area contributed by atoms with E-state index >= 15 is 8.78 Å². The number of rotatable bonds is 16. The van der Waals surface area contributed by atoms with Gasteiger partial charge in [0.15, 0.2) is 0 Å². The summed E-state index contributed by atoms with van der Waals surface area (Å²) in [6.45, 7) is 1.97. The molecular formula is C39H48F3N7O8S2. The van der Waals surface area contributed by atoms with Crippen molar-refractivity contribution < 1.29 is 50.1 Å².